The summed E-state index contributed by atoms with van der Waals surface area (Å²) < 4.78 is 2.64. The maximum atomic E-state index is 11.5. The second-order valence-electron chi connectivity index (χ2n) is 3.77. The van der Waals surface area contributed by atoms with Crippen molar-refractivity contribution in [2.24, 2.45) is 0 Å². The number of nitrogens with zero attached hydrogens (tertiary/aromatic N) is 4. The lowest BCUT2D eigenvalue weighted by molar-refractivity contribution is 0.691. The van der Waals surface area contributed by atoms with Crippen molar-refractivity contribution in [1.82, 2.24) is 25.2 Å². The highest BCUT2D eigenvalue weighted by Gasteiger charge is 2.09. The number of halogens is 1. The Morgan fingerprint density at radius 3 is 3.00 bits per heavy atom. The molecule has 18 heavy (non-hydrogen) atoms. The van der Waals surface area contributed by atoms with Gasteiger partial charge in [0.1, 0.15) is 5.39 Å². The van der Waals surface area contributed by atoms with E-state index in [1.165, 1.54) is 6.20 Å². The average molecular weight is 306 g/mol. The van der Waals surface area contributed by atoms with E-state index in [4.69, 9.17) is 0 Å². The van der Waals surface area contributed by atoms with Crippen molar-refractivity contribution in [2.75, 3.05) is 0 Å². The number of nitrogens with one attached hydrogen (secondary N) is 1. The first-order chi connectivity index (χ1) is 8.75. The molecule has 0 radical (unpaired) electrons. The summed E-state index contributed by atoms with van der Waals surface area (Å²) in [5.74, 6) is 0. The van der Waals surface area contributed by atoms with E-state index < -0.39 is 0 Å². The lowest BCUT2D eigenvalue weighted by Crippen LogP contribution is -2.11. The van der Waals surface area contributed by atoms with Crippen LogP contribution in [0, 0.1) is 0 Å². The van der Waals surface area contributed by atoms with Crippen LogP contribution in [0.5, 0.6) is 0 Å². The molecule has 2 aromatic heterocycles. The smallest absolute Gasteiger partial charge is 0.267 e. The number of aromatic amines is 1. The molecule has 0 amide bonds. The van der Waals surface area contributed by atoms with Crippen molar-refractivity contribution in [3.05, 3.63) is 50.9 Å². The summed E-state index contributed by atoms with van der Waals surface area (Å²) in [7, 11) is 0. The number of aromatic nitrogens is 5. The van der Waals surface area contributed by atoms with Crippen molar-refractivity contribution in [3.63, 3.8) is 0 Å². The molecule has 1 aromatic carbocycles. The highest BCUT2D eigenvalue weighted by Crippen LogP contribution is 2.17. The lowest BCUT2D eigenvalue weighted by Gasteiger charge is -2.04. The van der Waals surface area contributed by atoms with E-state index in [2.05, 4.69) is 36.4 Å². The predicted molar refractivity (Wildman–Crippen MR) is 69.2 cm³/mol. The van der Waals surface area contributed by atoms with Crippen LogP contribution >= 0.6 is 15.9 Å². The lowest BCUT2D eigenvalue weighted by atomic mass is 10.2. The first kappa shape index (κ1) is 11.1. The van der Waals surface area contributed by atoms with E-state index in [1.54, 1.807) is 4.68 Å². The fraction of sp³-hybridized carbons (Fsp3) is 0.0909. The molecule has 0 fully saturated rings. The summed E-state index contributed by atoms with van der Waals surface area (Å²) in [5.41, 5.74) is 1.26. The van der Waals surface area contributed by atoms with Gasteiger partial charge in [-0.1, -0.05) is 39.3 Å². The van der Waals surface area contributed by atoms with E-state index in [0.29, 0.717) is 17.6 Å². The van der Waals surface area contributed by atoms with Crippen LogP contribution in [0.4, 0.5) is 0 Å². The molecule has 90 valence electrons. The monoisotopic (exact) mass is 305 g/mol. The zero-order chi connectivity index (χ0) is 12.5. The molecule has 0 aliphatic carbocycles. The zero-order valence-corrected chi connectivity index (χ0v) is 10.8. The highest BCUT2D eigenvalue weighted by atomic mass is 79.9. The quantitative estimate of drug-likeness (QED) is 0.775. The molecular weight excluding hydrogens is 298 g/mol. The second-order valence-corrected chi connectivity index (χ2v) is 4.63. The van der Waals surface area contributed by atoms with Crippen LogP contribution in [-0.2, 0) is 6.54 Å². The van der Waals surface area contributed by atoms with E-state index in [-0.39, 0.29) is 5.56 Å². The summed E-state index contributed by atoms with van der Waals surface area (Å²) in [6.45, 7) is 0.531. The Morgan fingerprint density at radius 1 is 1.33 bits per heavy atom. The summed E-state index contributed by atoms with van der Waals surface area (Å²) in [6, 6.07) is 7.83. The van der Waals surface area contributed by atoms with Crippen LogP contribution in [0.3, 0.4) is 0 Å². The van der Waals surface area contributed by atoms with Crippen LogP contribution in [0.1, 0.15) is 5.56 Å². The number of H-pyrrole nitrogens is 1. The third-order valence-electron chi connectivity index (χ3n) is 2.63. The van der Waals surface area contributed by atoms with Gasteiger partial charge in [-0.3, -0.25) is 4.79 Å². The van der Waals surface area contributed by atoms with Crippen LogP contribution in [0.25, 0.3) is 11.0 Å². The molecule has 0 bridgehead atoms. The fourth-order valence-electron chi connectivity index (χ4n) is 1.73. The Balaban J connectivity index is 2.09. The van der Waals surface area contributed by atoms with Gasteiger partial charge in [0.25, 0.3) is 5.56 Å². The summed E-state index contributed by atoms with van der Waals surface area (Å²) >= 11 is 3.48. The average Bonchev–Trinajstić information content (AvgIpc) is 2.77. The Hall–Kier alpha value is -2.02. The van der Waals surface area contributed by atoms with Crippen molar-refractivity contribution in [1.29, 1.82) is 0 Å². The highest BCUT2D eigenvalue weighted by molar-refractivity contribution is 9.10. The Bertz CT molecular complexity index is 763. The molecule has 0 aliphatic rings. The van der Waals surface area contributed by atoms with Gasteiger partial charge in [0.05, 0.1) is 12.7 Å². The van der Waals surface area contributed by atoms with E-state index in [9.17, 15) is 4.79 Å². The second kappa shape index (κ2) is 4.34. The first-order valence-corrected chi connectivity index (χ1v) is 6.05. The third kappa shape index (κ3) is 1.82. The minimum Gasteiger partial charge on any atom is -0.267 e. The molecule has 3 aromatic rings. The van der Waals surface area contributed by atoms with Crippen molar-refractivity contribution < 1.29 is 0 Å². The largest absolute Gasteiger partial charge is 0.278 e. The molecule has 0 aliphatic heterocycles. The minimum atomic E-state index is -0.279. The molecule has 0 unspecified atom stereocenters. The van der Waals surface area contributed by atoms with Crippen LogP contribution in [0.2, 0.25) is 0 Å². The van der Waals surface area contributed by atoms with Gasteiger partial charge in [-0.2, -0.15) is 5.10 Å². The normalized spacial score (nSPS) is 10.9. The van der Waals surface area contributed by atoms with Gasteiger partial charge in [0.2, 0.25) is 0 Å². The van der Waals surface area contributed by atoms with Crippen molar-refractivity contribution >= 4 is 27.0 Å². The van der Waals surface area contributed by atoms with Gasteiger partial charge < -0.3 is 0 Å². The van der Waals surface area contributed by atoms with E-state index in [1.807, 2.05) is 24.3 Å². The van der Waals surface area contributed by atoms with Crippen molar-refractivity contribution in [2.45, 2.75) is 6.54 Å². The topological polar surface area (TPSA) is 76.5 Å². The summed E-state index contributed by atoms with van der Waals surface area (Å²) in [6.07, 6.45) is 1.50. The van der Waals surface area contributed by atoms with Gasteiger partial charge in [-0.25, -0.2) is 9.78 Å². The number of hydrogen-bond donors (Lipinski definition) is 1. The first-order valence-electron chi connectivity index (χ1n) is 5.26. The molecular formula is C11H8BrN5O. The molecule has 0 saturated heterocycles. The fourth-order valence-corrected chi connectivity index (χ4v) is 2.14. The molecule has 0 spiro atoms. The Morgan fingerprint density at radius 2 is 2.17 bits per heavy atom. The zero-order valence-electron chi connectivity index (χ0n) is 9.17. The molecule has 1 N–H and O–H groups in total. The van der Waals surface area contributed by atoms with Gasteiger partial charge in [0.15, 0.2) is 5.65 Å². The van der Waals surface area contributed by atoms with Gasteiger partial charge in [0, 0.05) is 4.47 Å². The summed E-state index contributed by atoms with van der Waals surface area (Å²) in [4.78, 5) is 11.5. The van der Waals surface area contributed by atoms with Crippen LogP contribution in [-0.4, -0.2) is 25.2 Å². The molecule has 0 saturated carbocycles. The standard InChI is InChI=1S/C11H8BrN5O/c12-9-4-2-1-3-7(9)6-17-10-8(5-13-17)11(18)15-16-14-10/h1-5H,6H2,(H,14,15,18). The Kier molecular flexibility index (Phi) is 2.67. The summed E-state index contributed by atoms with van der Waals surface area (Å²) in [5, 5.41) is 14.3. The Labute approximate surface area is 110 Å². The predicted octanol–water partition coefficient (Wildman–Crippen LogP) is 1.33. The molecule has 2 heterocycles. The third-order valence-corrected chi connectivity index (χ3v) is 3.40. The molecule has 0 atom stereocenters. The maximum absolute atomic E-state index is 11.5. The van der Waals surface area contributed by atoms with Crippen molar-refractivity contribution in [3.8, 4) is 0 Å². The minimum absolute atomic E-state index is 0.279. The molecule has 6 nitrogen and oxygen atoms in total. The van der Waals surface area contributed by atoms with E-state index in [0.717, 1.165) is 10.0 Å². The molecule has 3 rings (SSSR count). The van der Waals surface area contributed by atoms with Gasteiger partial charge >= 0.3 is 0 Å². The van der Waals surface area contributed by atoms with Crippen LogP contribution in [0.15, 0.2) is 39.7 Å². The van der Waals surface area contributed by atoms with Gasteiger partial charge in [-0.05, 0) is 11.6 Å². The number of fused-ring (bicyclic) bond motifs is 1. The van der Waals surface area contributed by atoms with E-state index >= 15 is 0 Å². The van der Waals surface area contributed by atoms with Crippen LogP contribution < -0.4 is 5.56 Å². The van der Waals surface area contributed by atoms with Gasteiger partial charge in [-0.15, -0.1) is 5.10 Å². The maximum Gasteiger partial charge on any atom is 0.278 e. The number of rotatable bonds is 2. The SMILES string of the molecule is O=c1[nH]nnc2c1cnn2Cc1ccccc1Br. The number of benzene rings is 1. The number of hydrogen-bond acceptors (Lipinski definition) is 4. The molecule has 7 heteroatoms.